The highest BCUT2D eigenvalue weighted by Crippen LogP contribution is 2.17. The molecular formula is C15H23NO3. The van der Waals surface area contributed by atoms with Crippen LogP contribution < -0.4 is 10.5 Å². The summed E-state index contributed by atoms with van der Waals surface area (Å²) in [7, 11) is 0. The molecule has 2 N–H and O–H groups in total. The maximum Gasteiger partial charge on any atom is 0.310 e. The molecular weight excluding hydrogens is 242 g/mol. The molecule has 0 amide bonds. The number of benzene rings is 1. The monoisotopic (exact) mass is 265 g/mol. The first-order valence-corrected chi connectivity index (χ1v) is 6.79. The summed E-state index contributed by atoms with van der Waals surface area (Å²) >= 11 is 0. The van der Waals surface area contributed by atoms with Gasteiger partial charge in [-0.2, -0.15) is 0 Å². The summed E-state index contributed by atoms with van der Waals surface area (Å²) in [6.45, 7) is 5.23. The van der Waals surface area contributed by atoms with Crippen LogP contribution in [0.1, 0.15) is 25.8 Å². The molecule has 1 atom stereocenters. The van der Waals surface area contributed by atoms with Gasteiger partial charge in [-0.25, -0.2) is 0 Å². The SMILES string of the molecule is CCCOc1cccc(CC(CN)C(=O)OCC)c1. The normalized spacial score (nSPS) is 11.9. The Morgan fingerprint density at radius 2 is 2.16 bits per heavy atom. The molecule has 0 bridgehead atoms. The van der Waals surface area contributed by atoms with E-state index >= 15 is 0 Å². The lowest BCUT2D eigenvalue weighted by Crippen LogP contribution is -2.27. The molecule has 1 rings (SSSR count). The Kier molecular flexibility index (Phi) is 6.97. The summed E-state index contributed by atoms with van der Waals surface area (Å²) in [6, 6.07) is 7.78. The van der Waals surface area contributed by atoms with Crippen LogP contribution in [0.25, 0.3) is 0 Å². The number of carbonyl (C=O) groups excluding carboxylic acids is 1. The minimum atomic E-state index is -0.290. The van der Waals surface area contributed by atoms with E-state index < -0.39 is 0 Å². The van der Waals surface area contributed by atoms with Crippen LogP contribution in [0.2, 0.25) is 0 Å². The molecule has 0 fully saturated rings. The van der Waals surface area contributed by atoms with Crippen molar-refractivity contribution in [3.8, 4) is 5.75 Å². The van der Waals surface area contributed by atoms with Crippen LogP contribution in [0.5, 0.6) is 5.75 Å². The molecule has 106 valence electrons. The van der Waals surface area contributed by atoms with Crippen molar-refractivity contribution in [2.75, 3.05) is 19.8 Å². The molecule has 0 radical (unpaired) electrons. The van der Waals surface area contributed by atoms with E-state index in [0.717, 1.165) is 17.7 Å². The van der Waals surface area contributed by atoms with Crippen molar-refractivity contribution in [1.82, 2.24) is 0 Å². The fourth-order valence-corrected chi connectivity index (χ4v) is 1.79. The van der Waals surface area contributed by atoms with Crippen LogP contribution in [0, 0.1) is 5.92 Å². The molecule has 0 saturated carbocycles. The van der Waals surface area contributed by atoms with Gasteiger partial charge in [0, 0.05) is 6.54 Å². The topological polar surface area (TPSA) is 61.5 Å². The molecule has 19 heavy (non-hydrogen) atoms. The van der Waals surface area contributed by atoms with Crippen LogP contribution >= 0.6 is 0 Å². The second-order valence-electron chi connectivity index (χ2n) is 4.38. The highest BCUT2D eigenvalue weighted by atomic mass is 16.5. The molecule has 4 nitrogen and oxygen atoms in total. The van der Waals surface area contributed by atoms with E-state index in [1.54, 1.807) is 6.92 Å². The molecule has 0 spiro atoms. The maximum absolute atomic E-state index is 11.7. The molecule has 1 aromatic rings. The average molecular weight is 265 g/mol. The molecule has 0 aromatic heterocycles. The molecule has 0 aliphatic rings. The fraction of sp³-hybridized carbons (Fsp3) is 0.533. The largest absolute Gasteiger partial charge is 0.494 e. The van der Waals surface area contributed by atoms with E-state index in [-0.39, 0.29) is 11.9 Å². The average Bonchev–Trinajstić information content (AvgIpc) is 2.43. The lowest BCUT2D eigenvalue weighted by molar-refractivity contribution is -0.147. The lowest BCUT2D eigenvalue weighted by Gasteiger charge is -2.14. The van der Waals surface area contributed by atoms with E-state index in [1.807, 2.05) is 24.3 Å². The number of hydrogen-bond donors (Lipinski definition) is 1. The van der Waals surface area contributed by atoms with E-state index in [9.17, 15) is 4.79 Å². The summed E-state index contributed by atoms with van der Waals surface area (Å²) < 4.78 is 10.6. The second-order valence-corrected chi connectivity index (χ2v) is 4.38. The summed E-state index contributed by atoms with van der Waals surface area (Å²) in [5.41, 5.74) is 6.68. The Morgan fingerprint density at radius 3 is 2.79 bits per heavy atom. The van der Waals surface area contributed by atoms with Gasteiger partial charge < -0.3 is 15.2 Å². The van der Waals surface area contributed by atoms with Gasteiger partial charge in [-0.3, -0.25) is 4.79 Å². The Bertz CT molecular complexity index is 393. The van der Waals surface area contributed by atoms with E-state index in [0.29, 0.717) is 26.2 Å². The van der Waals surface area contributed by atoms with Gasteiger partial charge >= 0.3 is 5.97 Å². The number of esters is 1. The van der Waals surface area contributed by atoms with Crippen LogP contribution in [0.3, 0.4) is 0 Å². The van der Waals surface area contributed by atoms with E-state index in [4.69, 9.17) is 15.2 Å². The summed E-state index contributed by atoms with van der Waals surface area (Å²) in [5.74, 6) is 0.310. The first-order chi connectivity index (χ1) is 9.21. The summed E-state index contributed by atoms with van der Waals surface area (Å²) in [5, 5.41) is 0. The van der Waals surface area contributed by atoms with Crippen molar-refractivity contribution in [2.24, 2.45) is 11.7 Å². The van der Waals surface area contributed by atoms with Gasteiger partial charge in [0.05, 0.1) is 19.1 Å². The highest BCUT2D eigenvalue weighted by Gasteiger charge is 2.18. The predicted octanol–water partition coefficient (Wildman–Crippen LogP) is 2.16. The van der Waals surface area contributed by atoms with Gasteiger partial charge in [0.15, 0.2) is 0 Å². The number of nitrogens with two attached hydrogens (primary N) is 1. The van der Waals surface area contributed by atoms with Crippen LogP contribution in [0.15, 0.2) is 24.3 Å². The standard InChI is InChI=1S/C15H23NO3/c1-3-8-19-14-7-5-6-12(10-14)9-13(11-16)15(17)18-4-2/h5-7,10,13H,3-4,8-9,11,16H2,1-2H3. The van der Waals surface area contributed by atoms with Gasteiger partial charge in [-0.1, -0.05) is 19.1 Å². The Morgan fingerprint density at radius 1 is 1.37 bits per heavy atom. The van der Waals surface area contributed by atoms with Gasteiger partial charge in [0.2, 0.25) is 0 Å². The number of hydrogen-bond acceptors (Lipinski definition) is 4. The number of carbonyl (C=O) groups is 1. The van der Waals surface area contributed by atoms with Crippen molar-refractivity contribution in [3.63, 3.8) is 0 Å². The van der Waals surface area contributed by atoms with Crippen LogP contribution in [-0.2, 0) is 16.0 Å². The zero-order chi connectivity index (χ0) is 14.1. The highest BCUT2D eigenvalue weighted by molar-refractivity contribution is 5.73. The van der Waals surface area contributed by atoms with Crippen molar-refractivity contribution in [2.45, 2.75) is 26.7 Å². The molecule has 0 aliphatic heterocycles. The predicted molar refractivity (Wildman–Crippen MR) is 75.1 cm³/mol. The quantitative estimate of drug-likeness (QED) is 0.732. The minimum absolute atomic E-state index is 0.232. The molecule has 0 heterocycles. The van der Waals surface area contributed by atoms with Crippen molar-refractivity contribution in [3.05, 3.63) is 29.8 Å². The second kappa shape index (κ2) is 8.53. The van der Waals surface area contributed by atoms with Gasteiger partial charge in [-0.15, -0.1) is 0 Å². The molecule has 0 aliphatic carbocycles. The first-order valence-electron chi connectivity index (χ1n) is 6.79. The van der Waals surface area contributed by atoms with Crippen molar-refractivity contribution < 1.29 is 14.3 Å². The minimum Gasteiger partial charge on any atom is -0.494 e. The van der Waals surface area contributed by atoms with E-state index in [2.05, 4.69) is 6.92 Å². The van der Waals surface area contributed by atoms with Crippen molar-refractivity contribution in [1.29, 1.82) is 0 Å². The third-order valence-electron chi connectivity index (χ3n) is 2.76. The number of rotatable bonds is 8. The van der Waals surface area contributed by atoms with Gasteiger partial charge in [0.1, 0.15) is 5.75 Å². The zero-order valence-electron chi connectivity index (χ0n) is 11.7. The molecule has 4 heteroatoms. The number of ether oxygens (including phenoxy) is 2. The Balaban J connectivity index is 2.66. The third kappa shape index (κ3) is 5.30. The molecule has 1 unspecified atom stereocenters. The lowest BCUT2D eigenvalue weighted by atomic mass is 9.99. The Labute approximate surface area is 114 Å². The maximum atomic E-state index is 11.7. The van der Waals surface area contributed by atoms with Gasteiger partial charge in [0.25, 0.3) is 0 Å². The molecule has 0 saturated heterocycles. The summed E-state index contributed by atoms with van der Waals surface area (Å²) in [4.78, 5) is 11.7. The molecule has 1 aromatic carbocycles. The Hall–Kier alpha value is -1.55. The summed E-state index contributed by atoms with van der Waals surface area (Å²) in [6.07, 6.45) is 1.55. The first kappa shape index (κ1) is 15.5. The van der Waals surface area contributed by atoms with E-state index in [1.165, 1.54) is 0 Å². The van der Waals surface area contributed by atoms with Crippen molar-refractivity contribution >= 4 is 5.97 Å². The van der Waals surface area contributed by atoms with Gasteiger partial charge in [-0.05, 0) is 37.5 Å². The third-order valence-corrected chi connectivity index (χ3v) is 2.76. The van der Waals surface area contributed by atoms with Crippen LogP contribution in [0.4, 0.5) is 0 Å². The zero-order valence-corrected chi connectivity index (χ0v) is 11.7. The smallest absolute Gasteiger partial charge is 0.310 e. The van der Waals surface area contributed by atoms with Crippen LogP contribution in [-0.4, -0.2) is 25.7 Å². The fourth-order valence-electron chi connectivity index (χ4n) is 1.79.